The topological polar surface area (TPSA) is 63.7 Å². The second kappa shape index (κ2) is 6.15. The molecular weight excluding hydrogens is 347 g/mol. The molecule has 0 N–H and O–H groups in total. The van der Waals surface area contributed by atoms with Crippen LogP contribution in [0.3, 0.4) is 0 Å². The first-order valence-corrected chi connectivity index (χ1v) is 7.95. The third kappa shape index (κ3) is 3.43. The fourth-order valence-corrected chi connectivity index (χ4v) is 3.78. The highest BCUT2D eigenvalue weighted by Crippen LogP contribution is 2.36. The molecular formula is C12H11ClF3NO4S. The molecule has 22 heavy (non-hydrogen) atoms. The van der Waals surface area contributed by atoms with Gasteiger partial charge in [0.2, 0.25) is 10.0 Å². The van der Waals surface area contributed by atoms with Gasteiger partial charge in [-0.25, -0.2) is 8.42 Å². The normalized spacial score (nSPS) is 17.5. The van der Waals surface area contributed by atoms with Gasteiger partial charge in [-0.2, -0.15) is 17.5 Å². The lowest BCUT2D eigenvalue weighted by Crippen LogP contribution is -2.41. The van der Waals surface area contributed by atoms with E-state index in [-0.39, 0.29) is 31.9 Å². The van der Waals surface area contributed by atoms with Crippen LogP contribution in [0.25, 0.3) is 0 Å². The molecule has 0 amide bonds. The van der Waals surface area contributed by atoms with Gasteiger partial charge in [0.05, 0.1) is 23.7 Å². The van der Waals surface area contributed by atoms with Gasteiger partial charge in [-0.15, -0.1) is 0 Å². The molecule has 10 heteroatoms. The van der Waals surface area contributed by atoms with Crippen LogP contribution >= 0.6 is 11.6 Å². The molecule has 1 heterocycles. The number of halogens is 4. The molecule has 1 saturated heterocycles. The molecule has 0 bridgehead atoms. The Morgan fingerprint density at radius 3 is 2.32 bits per heavy atom. The van der Waals surface area contributed by atoms with Crippen LogP contribution in [-0.4, -0.2) is 44.3 Å². The first kappa shape index (κ1) is 17.2. The van der Waals surface area contributed by atoms with Crippen molar-refractivity contribution >= 4 is 26.9 Å². The van der Waals surface area contributed by atoms with Crippen molar-refractivity contribution < 1.29 is 31.1 Å². The molecule has 0 radical (unpaired) electrons. The largest absolute Gasteiger partial charge is 0.417 e. The molecule has 122 valence electrons. The first-order chi connectivity index (χ1) is 10.1. The molecule has 5 nitrogen and oxygen atoms in total. The number of hydrogen-bond acceptors (Lipinski definition) is 4. The number of hydrogen-bond donors (Lipinski definition) is 0. The molecule has 2 rings (SSSR count). The summed E-state index contributed by atoms with van der Waals surface area (Å²) in [5.41, 5.74) is -1.65. The highest BCUT2D eigenvalue weighted by molar-refractivity contribution is 7.89. The Labute approximate surface area is 129 Å². The number of carbonyl (C=O) groups is 1. The van der Waals surface area contributed by atoms with E-state index in [1.54, 1.807) is 0 Å². The van der Waals surface area contributed by atoms with E-state index in [1.165, 1.54) is 0 Å². The van der Waals surface area contributed by atoms with Crippen LogP contribution in [0.5, 0.6) is 0 Å². The van der Waals surface area contributed by atoms with Crippen LogP contribution < -0.4 is 0 Å². The molecule has 0 spiro atoms. The highest BCUT2D eigenvalue weighted by Gasteiger charge is 2.39. The smallest absolute Gasteiger partial charge is 0.379 e. The number of ether oxygens (including phenoxy) is 1. The summed E-state index contributed by atoms with van der Waals surface area (Å²) in [5.74, 6) is 0. The summed E-state index contributed by atoms with van der Waals surface area (Å²) in [7, 11) is -4.41. The molecule has 0 atom stereocenters. The summed E-state index contributed by atoms with van der Waals surface area (Å²) in [4.78, 5) is 10.1. The SMILES string of the molecule is O=C(Cl)c1ccc(C(F)(F)F)c(S(=O)(=O)N2CCOCC2)c1. The van der Waals surface area contributed by atoms with Crippen molar-refractivity contribution in [3.63, 3.8) is 0 Å². The van der Waals surface area contributed by atoms with Crippen molar-refractivity contribution in [1.29, 1.82) is 0 Å². The van der Waals surface area contributed by atoms with E-state index in [0.29, 0.717) is 12.1 Å². The van der Waals surface area contributed by atoms with Crippen LogP contribution in [-0.2, 0) is 20.9 Å². The van der Waals surface area contributed by atoms with Gasteiger partial charge in [0.25, 0.3) is 5.24 Å². The number of rotatable bonds is 3. The molecule has 1 aliphatic rings. The number of nitrogens with zero attached hydrogens (tertiary/aromatic N) is 1. The molecule has 1 aliphatic heterocycles. The lowest BCUT2D eigenvalue weighted by Gasteiger charge is -2.27. The van der Waals surface area contributed by atoms with Gasteiger partial charge in [0.15, 0.2) is 0 Å². The number of sulfonamides is 1. The average molecular weight is 358 g/mol. The van der Waals surface area contributed by atoms with Crippen molar-refractivity contribution in [3.05, 3.63) is 29.3 Å². The van der Waals surface area contributed by atoms with E-state index < -0.39 is 31.9 Å². The van der Waals surface area contributed by atoms with Crippen molar-refractivity contribution in [2.45, 2.75) is 11.1 Å². The highest BCUT2D eigenvalue weighted by atomic mass is 35.5. The Bertz CT molecular complexity index is 684. The molecule has 0 aromatic heterocycles. The van der Waals surface area contributed by atoms with E-state index in [4.69, 9.17) is 16.3 Å². The second-order valence-electron chi connectivity index (χ2n) is 4.50. The third-order valence-corrected chi connectivity index (χ3v) is 5.26. The first-order valence-electron chi connectivity index (χ1n) is 6.13. The fourth-order valence-electron chi connectivity index (χ4n) is 2.02. The van der Waals surface area contributed by atoms with Gasteiger partial charge in [-0.05, 0) is 29.8 Å². The average Bonchev–Trinajstić information content (AvgIpc) is 2.46. The van der Waals surface area contributed by atoms with E-state index in [9.17, 15) is 26.4 Å². The Kier molecular flexibility index (Phi) is 4.81. The maximum absolute atomic E-state index is 13.1. The number of morpholine rings is 1. The minimum absolute atomic E-state index is 0.0569. The maximum atomic E-state index is 13.1. The summed E-state index contributed by atoms with van der Waals surface area (Å²) in [6, 6.07) is 2.04. The lowest BCUT2D eigenvalue weighted by molar-refractivity contribution is -0.139. The molecule has 1 aromatic carbocycles. The summed E-state index contributed by atoms with van der Waals surface area (Å²) in [6.07, 6.45) is -4.87. The summed E-state index contributed by atoms with van der Waals surface area (Å²) in [5, 5.41) is -1.04. The number of carbonyl (C=O) groups excluding carboxylic acids is 1. The quantitative estimate of drug-likeness (QED) is 0.777. The standard InChI is InChI=1S/C12H11ClF3NO4S/c13-11(18)8-1-2-9(12(14,15)16)10(7-8)22(19,20)17-3-5-21-6-4-17/h1-2,7H,3-6H2. The number of benzene rings is 1. The van der Waals surface area contributed by atoms with Gasteiger partial charge in [0, 0.05) is 18.7 Å². The Morgan fingerprint density at radius 1 is 1.23 bits per heavy atom. The number of alkyl halides is 3. The van der Waals surface area contributed by atoms with E-state index in [0.717, 1.165) is 10.4 Å². The van der Waals surface area contributed by atoms with Crippen molar-refractivity contribution in [3.8, 4) is 0 Å². The van der Waals surface area contributed by atoms with Crippen molar-refractivity contribution in [1.82, 2.24) is 4.31 Å². The predicted molar refractivity (Wildman–Crippen MR) is 71.2 cm³/mol. The van der Waals surface area contributed by atoms with Crippen LogP contribution in [0.15, 0.2) is 23.1 Å². The van der Waals surface area contributed by atoms with Crippen molar-refractivity contribution in [2.24, 2.45) is 0 Å². The van der Waals surface area contributed by atoms with Crippen LogP contribution in [0.4, 0.5) is 13.2 Å². The van der Waals surface area contributed by atoms with Gasteiger partial charge < -0.3 is 4.74 Å². The second-order valence-corrected chi connectivity index (χ2v) is 6.75. The third-order valence-electron chi connectivity index (χ3n) is 3.10. The fraction of sp³-hybridized carbons (Fsp3) is 0.417. The Hall–Kier alpha value is -1.16. The zero-order valence-electron chi connectivity index (χ0n) is 11.1. The van der Waals surface area contributed by atoms with Gasteiger partial charge in [-0.1, -0.05) is 0 Å². The molecule has 1 aromatic rings. The Morgan fingerprint density at radius 2 is 1.82 bits per heavy atom. The van der Waals surface area contributed by atoms with E-state index in [1.807, 2.05) is 0 Å². The maximum Gasteiger partial charge on any atom is 0.417 e. The minimum Gasteiger partial charge on any atom is -0.379 e. The Balaban J connectivity index is 2.59. The molecule has 0 aliphatic carbocycles. The summed E-state index contributed by atoms with van der Waals surface area (Å²) in [6.45, 7) is 0.0702. The van der Waals surface area contributed by atoms with Gasteiger partial charge >= 0.3 is 6.18 Å². The summed E-state index contributed by atoms with van der Waals surface area (Å²) < 4.78 is 69.9. The van der Waals surface area contributed by atoms with E-state index >= 15 is 0 Å². The molecule has 0 saturated carbocycles. The summed E-state index contributed by atoms with van der Waals surface area (Å²) >= 11 is 5.23. The lowest BCUT2D eigenvalue weighted by atomic mass is 10.1. The van der Waals surface area contributed by atoms with E-state index in [2.05, 4.69) is 0 Å². The van der Waals surface area contributed by atoms with Crippen LogP contribution in [0.2, 0.25) is 0 Å². The zero-order valence-corrected chi connectivity index (χ0v) is 12.6. The predicted octanol–water partition coefficient (Wildman–Crippen LogP) is 2.11. The molecule has 1 fully saturated rings. The van der Waals surface area contributed by atoms with Crippen molar-refractivity contribution in [2.75, 3.05) is 26.3 Å². The van der Waals surface area contributed by atoms with Gasteiger partial charge in [0.1, 0.15) is 0 Å². The zero-order chi connectivity index (χ0) is 16.5. The van der Waals surface area contributed by atoms with Crippen LogP contribution in [0, 0.1) is 0 Å². The molecule has 0 unspecified atom stereocenters. The van der Waals surface area contributed by atoms with Gasteiger partial charge in [-0.3, -0.25) is 4.79 Å². The van der Waals surface area contributed by atoms with Crippen LogP contribution in [0.1, 0.15) is 15.9 Å². The minimum atomic E-state index is -4.87. The monoisotopic (exact) mass is 357 g/mol.